The standard InChI is InChI=1S/C19H27N7O/c1-5-25-9-8-20-18(25)15-14(7-6-10-27-15)24-16-13-11-23-26(19(2,3)4)17(13)22-12-21-16/h8-9,11-12,14-15H,5-7,10H2,1-4H3,(H,21,22,24)/t14-,15-/m0/s1. The van der Waals surface area contributed by atoms with Crippen molar-refractivity contribution in [2.45, 2.75) is 64.8 Å². The van der Waals surface area contributed by atoms with E-state index in [1.54, 1.807) is 6.33 Å². The summed E-state index contributed by atoms with van der Waals surface area (Å²) in [5, 5.41) is 9.07. The largest absolute Gasteiger partial charge is 0.368 e. The minimum atomic E-state index is -0.143. The van der Waals surface area contributed by atoms with E-state index in [4.69, 9.17) is 4.74 Å². The highest BCUT2D eigenvalue weighted by Crippen LogP contribution is 2.32. The summed E-state index contributed by atoms with van der Waals surface area (Å²) in [6, 6.07) is 0.0996. The van der Waals surface area contributed by atoms with E-state index in [2.05, 4.69) is 57.6 Å². The monoisotopic (exact) mass is 369 g/mol. The molecule has 0 aromatic carbocycles. The second-order valence-corrected chi connectivity index (χ2v) is 7.94. The zero-order valence-corrected chi connectivity index (χ0v) is 16.4. The highest BCUT2D eigenvalue weighted by molar-refractivity contribution is 5.86. The maximum atomic E-state index is 6.11. The number of aromatic nitrogens is 6. The number of nitrogens with zero attached hydrogens (tertiary/aromatic N) is 6. The Kier molecular flexibility index (Phi) is 4.59. The van der Waals surface area contributed by atoms with Crippen LogP contribution in [0.15, 0.2) is 24.9 Å². The third-order valence-corrected chi connectivity index (χ3v) is 4.99. The summed E-state index contributed by atoms with van der Waals surface area (Å²) in [7, 11) is 0. The van der Waals surface area contributed by atoms with E-state index in [1.165, 1.54) is 0 Å². The van der Waals surface area contributed by atoms with Gasteiger partial charge in [0, 0.05) is 25.5 Å². The Bertz CT molecular complexity index is 924. The molecule has 0 unspecified atom stereocenters. The minimum Gasteiger partial charge on any atom is -0.368 e. The van der Waals surface area contributed by atoms with E-state index in [1.807, 2.05) is 23.3 Å². The molecular formula is C19H27N7O. The van der Waals surface area contributed by atoms with E-state index in [9.17, 15) is 0 Å². The van der Waals surface area contributed by atoms with Crippen molar-refractivity contribution >= 4 is 16.9 Å². The average Bonchev–Trinajstić information content (AvgIpc) is 3.29. The van der Waals surface area contributed by atoms with Gasteiger partial charge in [0.1, 0.15) is 24.1 Å². The number of imidazole rings is 1. The molecule has 27 heavy (non-hydrogen) atoms. The van der Waals surface area contributed by atoms with Gasteiger partial charge in [-0.2, -0.15) is 5.10 Å². The molecule has 8 heteroatoms. The summed E-state index contributed by atoms with van der Waals surface area (Å²) in [5.74, 6) is 1.76. The number of fused-ring (bicyclic) bond motifs is 1. The number of ether oxygens (including phenoxy) is 1. The first-order chi connectivity index (χ1) is 13.0. The summed E-state index contributed by atoms with van der Waals surface area (Å²) >= 11 is 0. The van der Waals surface area contributed by atoms with Crippen LogP contribution in [0, 0.1) is 0 Å². The number of hydrogen-bond donors (Lipinski definition) is 1. The third kappa shape index (κ3) is 3.29. The van der Waals surface area contributed by atoms with Gasteiger partial charge >= 0.3 is 0 Å². The van der Waals surface area contributed by atoms with Crippen LogP contribution in [-0.2, 0) is 16.8 Å². The maximum Gasteiger partial charge on any atom is 0.163 e. The summed E-state index contributed by atoms with van der Waals surface area (Å²) in [4.78, 5) is 13.5. The average molecular weight is 369 g/mol. The molecule has 1 fully saturated rings. The fourth-order valence-electron chi connectivity index (χ4n) is 3.65. The number of anilines is 1. The van der Waals surface area contributed by atoms with E-state index in [-0.39, 0.29) is 17.7 Å². The molecule has 0 aliphatic carbocycles. The predicted molar refractivity (Wildman–Crippen MR) is 104 cm³/mol. The van der Waals surface area contributed by atoms with Gasteiger partial charge in [0.2, 0.25) is 0 Å². The SMILES string of the molecule is CCn1ccnc1[C@H]1OCCC[C@@H]1Nc1ncnc2c1cnn2C(C)(C)C. The van der Waals surface area contributed by atoms with Crippen molar-refractivity contribution in [2.24, 2.45) is 0 Å². The summed E-state index contributed by atoms with van der Waals surface area (Å²) in [5.41, 5.74) is 0.693. The summed E-state index contributed by atoms with van der Waals surface area (Å²) in [6.07, 6.45) is 9.19. The van der Waals surface area contributed by atoms with Crippen molar-refractivity contribution in [3.63, 3.8) is 0 Å². The Labute approximate surface area is 159 Å². The molecule has 2 atom stereocenters. The zero-order valence-electron chi connectivity index (χ0n) is 16.4. The van der Waals surface area contributed by atoms with Crippen molar-refractivity contribution in [3.05, 3.63) is 30.7 Å². The van der Waals surface area contributed by atoms with Gasteiger partial charge in [-0.15, -0.1) is 0 Å². The molecule has 8 nitrogen and oxygen atoms in total. The molecule has 1 aliphatic heterocycles. The molecular weight excluding hydrogens is 342 g/mol. The van der Waals surface area contributed by atoms with Crippen LogP contribution < -0.4 is 5.32 Å². The van der Waals surface area contributed by atoms with Crippen molar-refractivity contribution in [2.75, 3.05) is 11.9 Å². The second kappa shape index (κ2) is 6.92. The van der Waals surface area contributed by atoms with Crippen LogP contribution in [0.1, 0.15) is 52.5 Å². The number of nitrogens with one attached hydrogen (secondary N) is 1. The van der Waals surface area contributed by atoms with Gasteiger partial charge in [-0.25, -0.2) is 19.6 Å². The molecule has 0 spiro atoms. The van der Waals surface area contributed by atoms with Gasteiger partial charge in [-0.05, 0) is 40.5 Å². The summed E-state index contributed by atoms with van der Waals surface area (Å²) < 4.78 is 10.2. The van der Waals surface area contributed by atoms with Crippen molar-refractivity contribution in [1.82, 2.24) is 29.3 Å². The first-order valence-electron chi connectivity index (χ1n) is 9.57. The normalized spacial score (nSPS) is 20.9. The van der Waals surface area contributed by atoms with Crippen molar-refractivity contribution in [1.29, 1.82) is 0 Å². The Balaban J connectivity index is 1.67. The first kappa shape index (κ1) is 17.9. The van der Waals surface area contributed by atoms with E-state index >= 15 is 0 Å². The highest BCUT2D eigenvalue weighted by Gasteiger charge is 2.31. The lowest BCUT2D eigenvalue weighted by Crippen LogP contribution is -2.35. The van der Waals surface area contributed by atoms with Crippen LogP contribution in [0.3, 0.4) is 0 Å². The number of rotatable bonds is 4. The fraction of sp³-hybridized carbons (Fsp3) is 0.579. The van der Waals surface area contributed by atoms with Gasteiger partial charge in [0.15, 0.2) is 5.65 Å². The number of aryl methyl sites for hydroxylation is 1. The molecule has 1 aliphatic rings. The van der Waals surface area contributed by atoms with Crippen LogP contribution in [0.5, 0.6) is 0 Å². The van der Waals surface area contributed by atoms with Gasteiger partial charge in [-0.1, -0.05) is 0 Å². The van der Waals surface area contributed by atoms with Gasteiger partial charge in [0.25, 0.3) is 0 Å². The Morgan fingerprint density at radius 2 is 2.11 bits per heavy atom. The smallest absolute Gasteiger partial charge is 0.163 e. The van der Waals surface area contributed by atoms with Crippen LogP contribution in [-0.4, -0.2) is 41.9 Å². The van der Waals surface area contributed by atoms with Crippen LogP contribution in [0.2, 0.25) is 0 Å². The molecule has 0 radical (unpaired) electrons. The Hall–Kier alpha value is -2.48. The molecule has 1 N–H and O–H groups in total. The van der Waals surface area contributed by atoms with Gasteiger partial charge in [0.05, 0.1) is 23.2 Å². The Morgan fingerprint density at radius 1 is 1.26 bits per heavy atom. The minimum absolute atomic E-state index is 0.0996. The first-order valence-corrected chi connectivity index (χ1v) is 9.57. The second-order valence-electron chi connectivity index (χ2n) is 7.94. The molecule has 3 aromatic heterocycles. The lowest BCUT2D eigenvalue weighted by Gasteiger charge is -2.32. The molecule has 4 heterocycles. The molecule has 1 saturated heterocycles. The molecule has 0 bridgehead atoms. The number of hydrogen-bond acceptors (Lipinski definition) is 6. The lowest BCUT2D eigenvalue weighted by molar-refractivity contribution is -0.00174. The van der Waals surface area contributed by atoms with E-state index in [0.29, 0.717) is 0 Å². The topological polar surface area (TPSA) is 82.7 Å². The quantitative estimate of drug-likeness (QED) is 0.761. The van der Waals surface area contributed by atoms with Gasteiger partial charge in [-0.3, -0.25) is 0 Å². The molecule has 0 amide bonds. The van der Waals surface area contributed by atoms with E-state index < -0.39 is 0 Å². The summed E-state index contributed by atoms with van der Waals surface area (Å²) in [6.45, 7) is 10.1. The van der Waals surface area contributed by atoms with Crippen molar-refractivity contribution < 1.29 is 4.74 Å². The zero-order chi connectivity index (χ0) is 19.0. The maximum absolute atomic E-state index is 6.11. The van der Waals surface area contributed by atoms with Crippen LogP contribution in [0.4, 0.5) is 5.82 Å². The van der Waals surface area contributed by atoms with Gasteiger partial charge < -0.3 is 14.6 Å². The molecule has 144 valence electrons. The van der Waals surface area contributed by atoms with Crippen molar-refractivity contribution in [3.8, 4) is 0 Å². The molecule has 0 saturated carbocycles. The highest BCUT2D eigenvalue weighted by atomic mass is 16.5. The Morgan fingerprint density at radius 3 is 2.89 bits per heavy atom. The fourth-order valence-corrected chi connectivity index (χ4v) is 3.65. The van der Waals surface area contributed by atoms with E-state index in [0.717, 1.165) is 48.7 Å². The molecule has 4 rings (SSSR count). The lowest BCUT2D eigenvalue weighted by atomic mass is 10.0. The van der Waals surface area contributed by atoms with Crippen LogP contribution in [0.25, 0.3) is 11.0 Å². The predicted octanol–water partition coefficient (Wildman–Crippen LogP) is 3.13. The molecule has 3 aromatic rings. The third-order valence-electron chi connectivity index (χ3n) is 4.99. The van der Waals surface area contributed by atoms with Crippen LogP contribution >= 0.6 is 0 Å².